The summed E-state index contributed by atoms with van der Waals surface area (Å²) in [6.45, 7) is 5.54. The molecule has 0 saturated carbocycles. The van der Waals surface area contributed by atoms with Crippen molar-refractivity contribution in [3.05, 3.63) is 0 Å². The molecule has 0 bridgehead atoms. The molecule has 0 fully saturated rings. The normalized spacial score (nSPS) is 12.7. The van der Waals surface area contributed by atoms with Gasteiger partial charge in [0.1, 0.15) is 5.78 Å². The van der Waals surface area contributed by atoms with Gasteiger partial charge in [0.05, 0.1) is 13.0 Å². The highest BCUT2D eigenvalue weighted by molar-refractivity contribution is 5.82. The van der Waals surface area contributed by atoms with Gasteiger partial charge in [0, 0.05) is 6.42 Å². The minimum Gasteiger partial charge on any atom is -0.469 e. The maximum absolute atomic E-state index is 11.2. The summed E-state index contributed by atoms with van der Waals surface area (Å²) in [5.41, 5.74) is 0. The molecule has 0 heterocycles. The van der Waals surface area contributed by atoms with Gasteiger partial charge in [0.25, 0.3) is 0 Å². The number of Topliss-reactive ketones (excluding diaryl/α,β-unsaturated/α-hetero) is 1. The van der Waals surface area contributed by atoms with Crippen LogP contribution in [0.3, 0.4) is 0 Å². The molecule has 0 radical (unpaired) electrons. The van der Waals surface area contributed by atoms with Crippen LogP contribution in [0.4, 0.5) is 0 Å². The lowest BCUT2D eigenvalue weighted by Gasteiger charge is -2.14. The van der Waals surface area contributed by atoms with Gasteiger partial charge in [-0.05, 0) is 19.3 Å². The number of carbonyl (C=O) groups excluding carboxylic acids is 2. The molecule has 0 aliphatic carbocycles. The molecule has 0 aromatic carbocycles. The van der Waals surface area contributed by atoms with Crippen molar-refractivity contribution < 1.29 is 14.3 Å². The number of rotatable bonds is 5. The van der Waals surface area contributed by atoms with Gasteiger partial charge < -0.3 is 9.53 Å². The topological polar surface area (TPSA) is 43.4 Å². The van der Waals surface area contributed by atoms with Crippen LogP contribution in [0.5, 0.6) is 0 Å². The lowest BCUT2D eigenvalue weighted by molar-refractivity contribution is -0.147. The summed E-state index contributed by atoms with van der Waals surface area (Å²) in [6.07, 6.45) is 1.01. The second-order valence-corrected chi connectivity index (χ2v) is 3.76. The van der Waals surface area contributed by atoms with E-state index >= 15 is 0 Å². The fraction of sp³-hybridized carbons (Fsp3) is 0.800. The molecule has 3 heteroatoms. The minimum absolute atomic E-state index is 0.0380. The molecule has 0 unspecified atom stereocenters. The number of ether oxygens (including phenoxy) is 1. The van der Waals surface area contributed by atoms with Crippen molar-refractivity contribution in [3.8, 4) is 0 Å². The lowest BCUT2D eigenvalue weighted by Crippen LogP contribution is -2.20. The van der Waals surface area contributed by atoms with Crippen molar-refractivity contribution >= 4 is 11.8 Å². The number of esters is 1. The third-order valence-electron chi connectivity index (χ3n) is 1.82. The SMILES string of the molecule is COC(=O)[C@H](CC(C)=O)CC(C)C. The van der Waals surface area contributed by atoms with Gasteiger partial charge in [0.15, 0.2) is 0 Å². The second-order valence-electron chi connectivity index (χ2n) is 3.76. The first-order valence-electron chi connectivity index (χ1n) is 4.54. The Morgan fingerprint density at radius 1 is 1.31 bits per heavy atom. The molecule has 0 aromatic heterocycles. The number of hydrogen-bond acceptors (Lipinski definition) is 3. The van der Waals surface area contributed by atoms with E-state index in [1.165, 1.54) is 14.0 Å². The summed E-state index contributed by atoms with van der Waals surface area (Å²) in [5, 5.41) is 0. The zero-order valence-corrected chi connectivity index (χ0v) is 8.79. The Kier molecular flexibility index (Phi) is 5.35. The Labute approximate surface area is 79.5 Å². The third-order valence-corrected chi connectivity index (χ3v) is 1.82. The van der Waals surface area contributed by atoms with Crippen LogP contribution >= 0.6 is 0 Å². The highest BCUT2D eigenvalue weighted by Gasteiger charge is 2.21. The average Bonchev–Trinajstić information content (AvgIpc) is 2.00. The van der Waals surface area contributed by atoms with Gasteiger partial charge in [-0.1, -0.05) is 13.8 Å². The van der Waals surface area contributed by atoms with E-state index in [1.54, 1.807) is 0 Å². The van der Waals surface area contributed by atoms with Gasteiger partial charge >= 0.3 is 5.97 Å². The van der Waals surface area contributed by atoms with E-state index in [1.807, 2.05) is 13.8 Å². The molecule has 76 valence electrons. The zero-order valence-electron chi connectivity index (χ0n) is 8.79. The van der Waals surface area contributed by atoms with Crippen LogP contribution in [0.1, 0.15) is 33.6 Å². The lowest BCUT2D eigenvalue weighted by atomic mass is 9.93. The van der Waals surface area contributed by atoms with Crippen molar-refractivity contribution in [1.29, 1.82) is 0 Å². The van der Waals surface area contributed by atoms with Crippen LogP contribution in [-0.4, -0.2) is 18.9 Å². The summed E-state index contributed by atoms with van der Waals surface area (Å²) in [6, 6.07) is 0. The standard InChI is InChI=1S/C10H18O3/c1-7(2)5-9(6-8(3)11)10(12)13-4/h7,9H,5-6H2,1-4H3/t9-/m0/s1. The Morgan fingerprint density at radius 3 is 2.15 bits per heavy atom. The molecule has 1 atom stereocenters. The highest BCUT2D eigenvalue weighted by atomic mass is 16.5. The van der Waals surface area contributed by atoms with Crippen LogP contribution < -0.4 is 0 Å². The quantitative estimate of drug-likeness (QED) is 0.615. The molecule has 13 heavy (non-hydrogen) atoms. The molecular formula is C10H18O3. The fourth-order valence-electron chi connectivity index (χ4n) is 1.35. The summed E-state index contributed by atoms with van der Waals surface area (Å²) in [4.78, 5) is 22.1. The molecule has 0 spiro atoms. The van der Waals surface area contributed by atoms with Gasteiger partial charge in [-0.3, -0.25) is 4.79 Å². The molecule has 0 N–H and O–H groups in total. The molecule has 3 nitrogen and oxygen atoms in total. The average molecular weight is 186 g/mol. The molecule has 0 aromatic rings. The van der Waals surface area contributed by atoms with Gasteiger partial charge in [-0.15, -0.1) is 0 Å². The van der Waals surface area contributed by atoms with E-state index in [2.05, 4.69) is 4.74 Å². The number of ketones is 1. The van der Waals surface area contributed by atoms with E-state index in [9.17, 15) is 9.59 Å². The fourth-order valence-corrected chi connectivity index (χ4v) is 1.35. The molecule has 0 rings (SSSR count). The van der Waals surface area contributed by atoms with Crippen LogP contribution in [0.15, 0.2) is 0 Å². The maximum Gasteiger partial charge on any atom is 0.309 e. The van der Waals surface area contributed by atoms with Crippen LogP contribution in [-0.2, 0) is 14.3 Å². The highest BCUT2D eigenvalue weighted by Crippen LogP contribution is 2.17. The summed E-state index contributed by atoms with van der Waals surface area (Å²) in [7, 11) is 1.36. The summed E-state index contributed by atoms with van der Waals surface area (Å²) >= 11 is 0. The van der Waals surface area contributed by atoms with Crippen molar-refractivity contribution in [3.63, 3.8) is 0 Å². The van der Waals surface area contributed by atoms with E-state index in [4.69, 9.17) is 0 Å². The third kappa shape index (κ3) is 5.39. The molecule has 0 aliphatic heterocycles. The van der Waals surface area contributed by atoms with Gasteiger partial charge in [0.2, 0.25) is 0 Å². The molecule has 0 amide bonds. The number of carbonyl (C=O) groups is 2. The second kappa shape index (κ2) is 5.73. The van der Waals surface area contributed by atoms with Crippen LogP contribution in [0.25, 0.3) is 0 Å². The molecule has 0 saturated heterocycles. The smallest absolute Gasteiger partial charge is 0.309 e. The van der Waals surface area contributed by atoms with E-state index in [0.717, 1.165) is 0 Å². The van der Waals surface area contributed by atoms with E-state index in [0.29, 0.717) is 18.8 Å². The molecule has 0 aliphatic rings. The zero-order chi connectivity index (χ0) is 10.4. The van der Waals surface area contributed by atoms with E-state index < -0.39 is 0 Å². The first kappa shape index (κ1) is 12.1. The Bertz CT molecular complexity index is 185. The Morgan fingerprint density at radius 2 is 1.85 bits per heavy atom. The van der Waals surface area contributed by atoms with Crippen molar-refractivity contribution in [1.82, 2.24) is 0 Å². The largest absolute Gasteiger partial charge is 0.469 e. The number of hydrogen-bond donors (Lipinski definition) is 0. The van der Waals surface area contributed by atoms with Crippen molar-refractivity contribution in [2.75, 3.05) is 7.11 Å². The summed E-state index contributed by atoms with van der Waals surface area (Å²) in [5.74, 6) is -0.0918. The van der Waals surface area contributed by atoms with Gasteiger partial charge in [-0.2, -0.15) is 0 Å². The Hall–Kier alpha value is -0.860. The number of methoxy groups -OCH3 is 1. The maximum atomic E-state index is 11.2. The van der Waals surface area contributed by atoms with Crippen molar-refractivity contribution in [2.24, 2.45) is 11.8 Å². The van der Waals surface area contributed by atoms with Gasteiger partial charge in [-0.25, -0.2) is 0 Å². The van der Waals surface area contributed by atoms with Crippen LogP contribution in [0, 0.1) is 11.8 Å². The van der Waals surface area contributed by atoms with Crippen LogP contribution in [0.2, 0.25) is 0 Å². The monoisotopic (exact) mass is 186 g/mol. The van der Waals surface area contributed by atoms with Crippen molar-refractivity contribution in [2.45, 2.75) is 33.6 Å². The van der Waals surface area contributed by atoms with E-state index in [-0.39, 0.29) is 17.7 Å². The predicted molar refractivity (Wildman–Crippen MR) is 50.3 cm³/mol. The first-order chi connectivity index (χ1) is 5.97. The summed E-state index contributed by atoms with van der Waals surface area (Å²) < 4.78 is 4.62. The first-order valence-corrected chi connectivity index (χ1v) is 4.54. The molecular weight excluding hydrogens is 168 g/mol. The Balaban J connectivity index is 4.18. The minimum atomic E-state index is -0.274. The predicted octanol–water partition coefficient (Wildman–Crippen LogP) is 1.80.